The molecule has 0 saturated carbocycles. The third kappa shape index (κ3) is 6.94. The summed E-state index contributed by atoms with van der Waals surface area (Å²) < 4.78 is 58.4. The van der Waals surface area contributed by atoms with Crippen molar-refractivity contribution in [1.82, 2.24) is 4.31 Å². The fourth-order valence-electron chi connectivity index (χ4n) is 3.60. The molecule has 1 aliphatic heterocycles. The molecule has 1 amide bonds. The molecular formula is C25H30N2O10S. The van der Waals surface area contributed by atoms with E-state index in [-0.39, 0.29) is 29.4 Å². The van der Waals surface area contributed by atoms with Crippen LogP contribution in [0.5, 0.6) is 23.0 Å². The molecule has 1 aliphatic rings. The van der Waals surface area contributed by atoms with Gasteiger partial charge >= 0.3 is 5.97 Å². The minimum Gasteiger partial charge on any atom is -0.495 e. The van der Waals surface area contributed by atoms with Crippen molar-refractivity contribution in [2.24, 2.45) is 0 Å². The van der Waals surface area contributed by atoms with Crippen LogP contribution < -0.4 is 24.3 Å². The van der Waals surface area contributed by atoms with Gasteiger partial charge in [-0.3, -0.25) is 4.79 Å². The first-order valence-electron chi connectivity index (χ1n) is 11.4. The number of nitrogens with one attached hydrogen (secondary N) is 1. The summed E-state index contributed by atoms with van der Waals surface area (Å²) in [5.74, 6) is -0.0155. The number of methoxy groups -OCH3 is 4. The van der Waals surface area contributed by atoms with Crippen molar-refractivity contribution in [3.05, 3.63) is 42.0 Å². The Kier molecular flexibility index (Phi) is 9.93. The minimum absolute atomic E-state index is 0.0256. The van der Waals surface area contributed by atoms with Crippen LogP contribution in [0.1, 0.15) is 5.56 Å². The number of hydrogen-bond acceptors (Lipinski definition) is 10. The van der Waals surface area contributed by atoms with E-state index in [1.165, 1.54) is 57.0 Å². The van der Waals surface area contributed by atoms with Gasteiger partial charge in [0.05, 0.1) is 52.2 Å². The standard InChI is InChI=1S/C25H30N2O10S/c1-32-20-15-18(38(30,31)27-9-11-36-12-10-27)6-7-19(20)26-23(28)16-37-24(29)8-5-17-13-21(33-2)25(35-4)22(14-17)34-3/h5-8,13-15H,9-12,16H2,1-4H3,(H,26,28). The van der Waals surface area contributed by atoms with E-state index < -0.39 is 28.5 Å². The summed E-state index contributed by atoms with van der Waals surface area (Å²) in [4.78, 5) is 24.5. The maximum absolute atomic E-state index is 12.9. The van der Waals surface area contributed by atoms with E-state index in [9.17, 15) is 18.0 Å². The smallest absolute Gasteiger partial charge is 0.331 e. The van der Waals surface area contributed by atoms with Crippen LogP contribution in [0.25, 0.3) is 6.08 Å². The van der Waals surface area contributed by atoms with Crippen molar-refractivity contribution in [2.75, 3.05) is 66.7 Å². The molecule has 0 radical (unpaired) electrons. The molecule has 1 N–H and O–H groups in total. The predicted octanol–water partition coefficient (Wildman–Crippen LogP) is 1.94. The summed E-state index contributed by atoms with van der Waals surface area (Å²) in [5, 5.41) is 2.55. The molecule has 2 aromatic rings. The van der Waals surface area contributed by atoms with Crippen LogP contribution in [0.2, 0.25) is 0 Å². The first-order valence-corrected chi connectivity index (χ1v) is 12.9. The van der Waals surface area contributed by atoms with Gasteiger partial charge in [-0.15, -0.1) is 0 Å². The molecule has 1 saturated heterocycles. The number of rotatable bonds is 11. The highest BCUT2D eigenvalue weighted by molar-refractivity contribution is 7.89. The van der Waals surface area contributed by atoms with E-state index in [1.807, 2.05) is 0 Å². The maximum atomic E-state index is 12.9. The lowest BCUT2D eigenvalue weighted by Crippen LogP contribution is -2.40. The molecule has 206 valence electrons. The molecule has 38 heavy (non-hydrogen) atoms. The molecule has 0 aromatic heterocycles. The number of sulfonamides is 1. The lowest BCUT2D eigenvalue weighted by molar-refractivity contribution is -0.142. The van der Waals surface area contributed by atoms with E-state index in [0.29, 0.717) is 36.0 Å². The summed E-state index contributed by atoms with van der Waals surface area (Å²) in [7, 11) is 2.04. The SMILES string of the molecule is COc1cc(S(=O)(=O)N2CCOCC2)ccc1NC(=O)COC(=O)C=Cc1cc(OC)c(OC)c(OC)c1. The number of amides is 1. The molecule has 13 heteroatoms. The van der Waals surface area contributed by atoms with Crippen LogP contribution >= 0.6 is 0 Å². The van der Waals surface area contributed by atoms with Gasteiger partial charge in [0.25, 0.3) is 5.91 Å². The van der Waals surface area contributed by atoms with E-state index in [4.69, 9.17) is 28.4 Å². The lowest BCUT2D eigenvalue weighted by atomic mass is 10.1. The number of ether oxygens (including phenoxy) is 6. The second kappa shape index (κ2) is 13.1. The Labute approximate surface area is 221 Å². The van der Waals surface area contributed by atoms with Crippen LogP contribution in [-0.2, 0) is 29.1 Å². The molecule has 0 unspecified atom stereocenters. The van der Waals surface area contributed by atoms with Crippen molar-refractivity contribution in [3.63, 3.8) is 0 Å². The van der Waals surface area contributed by atoms with Gasteiger partial charge in [-0.05, 0) is 35.9 Å². The fraction of sp³-hybridized carbons (Fsp3) is 0.360. The van der Waals surface area contributed by atoms with E-state index in [0.717, 1.165) is 6.08 Å². The number of benzene rings is 2. The highest BCUT2D eigenvalue weighted by atomic mass is 32.2. The Morgan fingerprint density at radius 1 is 0.947 bits per heavy atom. The second-order valence-corrected chi connectivity index (χ2v) is 9.76. The summed E-state index contributed by atoms with van der Waals surface area (Å²) in [6.07, 6.45) is 2.63. The maximum Gasteiger partial charge on any atom is 0.331 e. The van der Waals surface area contributed by atoms with Crippen LogP contribution in [0.4, 0.5) is 5.69 Å². The molecule has 1 fully saturated rings. The topological polar surface area (TPSA) is 139 Å². The second-order valence-electron chi connectivity index (χ2n) is 7.83. The Morgan fingerprint density at radius 2 is 1.58 bits per heavy atom. The van der Waals surface area contributed by atoms with Crippen LogP contribution in [0.15, 0.2) is 41.3 Å². The lowest BCUT2D eigenvalue weighted by Gasteiger charge is -2.26. The van der Waals surface area contributed by atoms with Crippen molar-refractivity contribution in [3.8, 4) is 23.0 Å². The van der Waals surface area contributed by atoms with Crippen LogP contribution in [0.3, 0.4) is 0 Å². The zero-order valence-electron chi connectivity index (χ0n) is 21.5. The summed E-state index contributed by atoms with van der Waals surface area (Å²) >= 11 is 0. The van der Waals surface area contributed by atoms with Gasteiger partial charge in [0, 0.05) is 25.2 Å². The molecule has 0 bridgehead atoms. The summed E-state index contributed by atoms with van der Waals surface area (Å²) in [5.41, 5.74) is 0.806. The van der Waals surface area contributed by atoms with Gasteiger partial charge < -0.3 is 33.7 Å². The van der Waals surface area contributed by atoms with Crippen LogP contribution in [0, 0.1) is 0 Å². The molecule has 0 aliphatic carbocycles. The number of carbonyl (C=O) groups is 2. The van der Waals surface area contributed by atoms with Crippen molar-refractivity contribution in [2.45, 2.75) is 4.90 Å². The average Bonchev–Trinajstić information content (AvgIpc) is 2.94. The predicted molar refractivity (Wildman–Crippen MR) is 137 cm³/mol. The van der Waals surface area contributed by atoms with E-state index >= 15 is 0 Å². The molecule has 12 nitrogen and oxygen atoms in total. The van der Waals surface area contributed by atoms with Gasteiger partial charge in [-0.2, -0.15) is 4.31 Å². The fourth-order valence-corrected chi connectivity index (χ4v) is 5.03. The highest BCUT2D eigenvalue weighted by Gasteiger charge is 2.27. The molecule has 0 atom stereocenters. The van der Waals surface area contributed by atoms with Gasteiger partial charge in [0.15, 0.2) is 18.1 Å². The quantitative estimate of drug-likeness (QED) is 0.326. The summed E-state index contributed by atoms with van der Waals surface area (Å²) in [6, 6.07) is 7.40. The number of anilines is 1. The molecule has 1 heterocycles. The Hall–Kier alpha value is -3.81. The third-order valence-corrected chi connectivity index (χ3v) is 7.39. The molecule has 0 spiro atoms. The van der Waals surface area contributed by atoms with Gasteiger partial charge in [-0.25, -0.2) is 13.2 Å². The highest BCUT2D eigenvalue weighted by Crippen LogP contribution is 2.38. The third-order valence-electron chi connectivity index (χ3n) is 5.50. The van der Waals surface area contributed by atoms with Gasteiger partial charge in [-0.1, -0.05) is 0 Å². The van der Waals surface area contributed by atoms with Crippen molar-refractivity contribution >= 4 is 33.7 Å². The number of nitrogens with zero attached hydrogens (tertiary/aromatic N) is 1. The first-order chi connectivity index (χ1) is 18.2. The monoisotopic (exact) mass is 550 g/mol. The average molecular weight is 551 g/mol. The zero-order chi connectivity index (χ0) is 27.7. The van der Waals surface area contributed by atoms with Gasteiger partial charge in [0.2, 0.25) is 15.8 Å². The minimum atomic E-state index is -3.74. The number of carbonyl (C=O) groups excluding carboxylic acids is 2. The normalized spacial score (nSPS) is 14.1. The number of morpholine rings is 1. The largest absolute Gasteiger partial charge is 0.495 e. The Morgan fingerprint density at radius 3 is 2.16 bits per heavy atom. The van der Waals surface area contributed by atoms with E-state index in [2.05, 4.69) is 5.32 Å². The molecular weight excluding hydrogens is 520 g/mol. The zero-order valence-corrected chi connectivity index (χ0v) is 22.3. The molecule has 2 aromatic carbocycles. The van der Waals surface area contributed by atoms with Crippen LogP contribution in [-0.4, -0.2) is 85.9 Å². The Bertz CT molecular complexity index is 1260. The number of esters is 1. The number of hydrogen-bond donors (Lipinski definition) is 1. The van der Waals surface area contributed by atoms with E-state index in [1.54, 1.807) is 12.1 Å². The van der Waals surface area contributed by atoms with Gasteiger partial charge in [0.1, 0.15) is 5.75 Å². The van der Waals surface area contributed by atoms with Crippen molar-refractivity contribution < 1.29 is 46.4 Å². The summed E-state index contributed by atoms with van der Waals surface area (Å²) in [6.45, 7) is 0.572. The molecule has 3 rings (SSSR count). The van der Waals surface area contributed by atoms with Crippen molar-refractivity contribution in [1.29, 1.82) is 0 Å². The Balaban J connectivity index is 1.61. The first kappa shape index (κ1) is 28.8.